The summed E-state index contributed by atoms with van der Waals surface area (Å²) in [6.45, 7) is 2.68. The molecule has 5 rings (SSSR count). The number of carbonyl (C=O) groups is 1. The van der Waals surface area contributed by atoms with Crippen LogP contribution in [0.3, 0.4) is 0 Å². The summed E-state index contributed by atoms with van der Waals surface area (Å²) in [5.74, 6) is 1.05. The molecule has 6 nitrogen and oxygen atoms in total. The highest BCUT2D eigenvalue weighted by Gasteiger charge is 2.28. The highest BCUT2D eigenvalue weighted by Crippen LogP contribution is 2.34. The van der Waals surface area contributed by atoms with Crippen LogP contribution in [0.15, 0.2) is 55.0 Å². The molecule has 2 atom stereocenters. The van der Waals surface area contributed by atoms with Gasteiger partial charge in [-0.05, 0) is 54.4 Å². The first-order valence-electron chi connectivity index (χ1n) is 9.43. The molecule has 2 N–H and O–H groups in total. The van der Waals surface area contributed by atoms with E-state index >= 15 is 0 Å². The number of carbonyl (C=O) groups excluding carboxylic acids is 1. The van der Waals surface area contributed by atoms with Gasteiger partial charge in [0.2, 0.25) is 5.91 Å². The first-order chi connectivity index (χ1) is 13.7. The molecule has 2 aromatic heterocycles. The van der Waals surface area contributed by atoms with Crippen LogP contribution in [-0.4, -0.2) is 33.5 Å². The summed E-state index contributed by atoms with van der Waals surface area (Å²) < 4.78 is 6.34. The molecule has 0 radical (unpaired) electrons. The Balaban J connectivity index is 1.56. The maximum atomic E-state index is 11.6. The molecule has 6 heteroatoms. The molecule has 1 saturated heterocycles. The minimum Gasteiger partial charge on any atom is -0.490 e. The summed E-state index contributed by atoms with van der Waals surface area (Å²) in [7, 11) is 0. The fourth-order valence-corrected chi connectivity index (χ4v) is 3.78. The van der Waals surface area contributed by atoms with Crippen LogP contribution in [0.5, 0.6) is 5.75 Å². The lowest BCUT2D eigenvalue weighted by Crippen LogP contribution is -2.25. The number of H-pyrrole nitrogens is 1. The normalized spacial score (nSPS) is 17.8. The van der Waals surface area contributed by atoms with Crippen LogP contribution in [0.2, 0.25) is 0 Å². The Morgan fingerprint density at radius 1 is 1.11 bits per heavy atom. The molecule has 1 aliphatic heterocycles. The predicted octanol–water partition coefficient (Wildman–Crippen LogP) is 3.68. The van der Waals surface area contributed by atoms with E-state index in [1.807, 2.05) is 25.1 Å². The molecule has 140 valence electrons. The Bertz CT molecular complexity index is 1180. The third-order valence-corrected chi connectivity index (χ3v) is 5.42. The SMILES string of the molecule is C[C@@H](Oc1cc(-c2ccc3[nH]cnc3c2)cc2ncccc12)[C@H]1CNC(=O)C1. The molecule has 4 aromatic rings. The lowest BCUT2D eigenvalue weighted by atomic mass is 10.0. The van der Waals surface area contributed by atoms with Crippen LogP contribution in [0, 0.1) is 5.92 Å². The van der Waals surface area contributed by atoms with Gasteiger partial charge in [0.05, 0.1) is 22.9 Å². The Hall–Kier alpha value is -3.41. The molecule has 28 heavy (non-hydrogen) atoms. The number of amides is 1. The fraction of sp³-hybridized carbons (Fsp3) is 0.227. The van der Waals surface area contributed by atoms with Crippen LogP contribution >= 0.6 is 0 Å². The van der Waals surface area contributed by atoms with Crippen LogP contribution in [-0.2, 0) is 4.79 Å². The number of ether oxygens (including phenoxy) is 1. The van der Waals surface area contributed by atoms with Gasteiger partial charge in [-0.2, -0.15) is 0 Å². The van der Waals surface area contributed by atoms with Gasteiger partial charge in [0.15, 0.2) is 0 Å². The van der Waals surface area contributed by atoms with E-state index < -0.39 is 0 Å². The minimum absolute atomic E-state index is 0.0774. The highest BCUT2D eigenvalue weighted by molar-refractivity contribution is 5.91. The zero-order valence-electron chi connectivity index (χ0n) is 15.5. The van der Waals surface area contributed by atoms with Crippen molar-refractivity contribution in [2.75, 3.05) is 6.54 Å². The zero-order valence-corrected chi connectivity index (χ0v) is 15.5. The zero-order chi connectivity index (χ0) is 19.1. The summed E-state index contributed by atoms with van der Waals surface area (Å²) in [6, 6.07) is 14.2. The maximum absolute atomic E-state index is 11.6. The molecule has 3 heterocycles. The molecule has 1 aliphatic rings. The van der Waals surface area contributed by atoms with Crippen molar-refractivity contribution in [2.45, 2.75) is 19.4 Å². The van der Waals surface area contributed by atoms with Gasteiger partial charge in [-0.15, -0.1) is 0 Å². The number of pyridine rings is 1. The van der Waals surface area contributed by atoms with Gasteiger partial charge in [0.25, 0.3) is 0 Å². The Morgan fingerprint density at radius 3 is 2.86 bits per heavy atom. The van der Waals surface area contributed by atoms with Crippen molar-refractivity contribution in [3.8, 4) is 16.9 Å². The van der Waals surface area contributed by atoms with Crippen molar-refractivity contribution < 1.29 is 9.53 Å². The van der Waals surface area contributed by atoms with Crippen LogP contribution in [0.25, 0.3) is 33.1 Å². The summed E-state index contributed by atoms with van der Waals surface area (Å²) in [5.41, 5.74) is 4.89. The van der Waals surface area contributed by atoms with E-state index in [0.29, 0.717) is 13.0 Å². The van der Waals surface area contributed by atoms with E-state index in [0.717, 1.165) is 38.8 Å². The standard InChI is InChI=1S/C22H20N4O2/c1-13(16-10-22(27)24-11-16)28-21-9-15(8-19-17(21)3-2-6-23-19)14-4-5-18-20(7-14)26-12-25-18/h2-9,12-13,16H,10-11H2,1H3,(H,24,27)(H,25,26)/t13-,16-/m1/s1. The van der Waals surface area contributed by atoms with Gasteiger partial charge in [-0.3, -0.25) is 9.78 Å². The average Bonchev–Trinajstić information content (AvgIpc) is 3.36. The third kappa shape index (κ3) is 2.97. The monoisotopic (exact) mass is 372 g/mol. The summed E-state index contributed by atoms with van der Waals surface area (Å²) in [4.78, 5) is 23.6. The van der Waals surface area contributed by atoms with Crippen LogP contribution < -0.4 is 10.1 Å². The van der Waals surface area contributed by atoms with Gasteiger partial charge >= 0.3 is 0 Å². The number of hydrogen-bond donors (Lipinski definition) is 2. The predicted molar refractivity (Wildman–Crippen MR) is 108 cm³/mol. The molecule has 0 aliphatic carbocycles. The van der Waals surface area contributed by atoms with Gasteiger partial charge in [-0.25, -0.2) is 4.98 Å². The van der Waals surface area contributed by atoms with Crippen molar-refractivity contribution in [2.24, 2.45) is 5.92 Å². The van der Waals surface area contributed by atoms with Crippen molar-refractivity contribution in [1.29, 1.82) is 0 Å². The quantitative estimate of drug-likeness (QED) is 0.573. The number of rotatable bonds is 4. The Kier molecular flexibility index (Phi) is 3.97. The van der Waals surface area contributed by atoms with E-state index in [2.05, 4.69) is 44.5 Å². The molecule has 0 spiro atoms. The maximum Gasteiger partial charge on any atom is 0.220 e. The number of aromatic amines is 1. The second kappa shape index (κ2) is 6.64. The third-order valence-electron chi connectivity index (χ3n) is 5.42. The number of aromatic nitrogens is 3. The Morgan fingerprint density at radius 2 is 2.00 bits per heavy atom. The average molecular weight is 372 g/mol. The number of hydrogen-bond acceptors (Lipinski definition) is 4. The lowest BCUT2D eigenvalue weighted by Gasteiger charge is -2.21. The molecule has 0 unspecified atom stereocenters. The molecule has 0 bridgehead atoms. The molecule has 2 aromatic carbocycles. The molecular formula is C22H20N4O2. The molecule has 1 fully saturated rings. The summed E-state index contributed by atoms with van der Waals surface area (Å²) in [6.07, 6.45) is 3.91. The molecular weight excluding hydrogens is 352 g/mol. The minimum atomic E-state index is -0.0774. The van der Waals surface area contributed by atoms with Crippen molar-refractivity contribution >= 4 is 27.8 Å². The van der Waals surface area contributed by atoms with Crippen molar-refractivity contribution in [1.82, 2.24) is 20.3 Å². The van der Waals surface area contributed by atoms with Crippen LogP contribution in [0.4, 0.5) is 0 Å². The number of imidazole rings is 1. The summed E-state index contributed by atoms with van der Waals surface area (Å²) in [5, 5.41) is 3.85. The number of fused-ring (bicyclic) bond motifs is 2. The van der Waals surface area contributed by atoms with E-state index in [4.69, 9.17) is 4.74 Å². The van der Waals surface area contributed by atoms with Crippen molar-refractivity contribution in [3.05, 3.63) is 55.0 Å². The molecule has 1 amide bonds. The van der Waals surface area contributed by atoms with Gasteiger partial charge in [0, 0.05) is 30.5 Å². The van der Waals surface area contributed by atoms with Gasteiger partial charge in [-0.1, -0.05) is 6.07 Å². The first-order valence-corrected chi connectivity index (χ1v) is 9.43. The second-order valence-electron chi connectivity index (χ2n) is 7.27. The van der Waals surface area contributed by atoms with E-state index in [1.54, 1.807) is 12.5 Å². The van der Waals surface area contributed by atoms with Gasteiger partial charge < -0.3 is 15.0 Å². The number of nitrogens with zero attached hydrogens (tertiary/aromatic N) is 2. The number of benzene rings is 2. The lowest BCUT2D eigenvalue weighted by molar-refractivity contribution is -0.119. The largest absolute Gasteiger partial charge is 0.490 e. The van der Waals surface area contributed by atoms with Crippen LogP contribution in [0.1, 0.15) is 13.3 Å². The Labute approximate surface area is 162 Å². The van der Waals surface area contributed by atoms with E-state index in [-0.39, 0.29) is 17.9 Å². The van der Waals surface area contributed by atoms with Crippen molar-refractivity contribution in [3.63, 3.8) is 0 Å². The smallest absolute Gasteiger partial charge is 0.220 e. The van der Waals surface area contributed by atoms with E-state index in [1.165, 1.54) is 0 Å². The number of nitrogens with one attached hydrogen (secondary N) is 2. The molecule has 0 saturated carbocycles. The van der Waals surface area contributed by atoms with Gasteiger partial charge in [0.1, 0.15) is 11.9 Å². The highest BCUT2D eigenvalue weighted by atomic mass is 16.5. The summed E-state index contributed by atoms with van der Waals surface area (Å²) >= 11 is 0. The topological polar surface area (TPSA) is 79.9 Å². The first kappa shape index (κ1) is 16.7. The van der Waals surface area contributed by atoms with E-state index in [9.17, 15) is 4.79 Å². The second-order valence-corrected chi connectivity index (χ2v) is 7.27. The fourth-order valence-electron chi connectivity index (χ4n) is 3.78.